The average molecular weight is 268 g/mol. The van der Waals surface area contributed by atoms with Gasteiger partial charge in [-0.15, -0.1) is 0 Å². The fourth-order valence-corrected chi connectivity index (χ4v) is 3.15. The first-order valence-electron chi connectivity index (χ1n) is 6.72. The molecule has 0 saturated heterocycles. The van der Waals surface area contributed by atoms with E-state index in [-0.39, 0.29) is 12.1 Å². The predicted molar refractivity (Wildman–Crippen MR) is 77.1 cm³/mol. The molecule has 2 nitrogen and oxygen atoms in total. The lowest BCUT2D eigenvalue weighted by Gasteiger charge is -2.46. The Morgan fingerprint density at radius 2 is 2.00 bits per heavy atom. The van der Waals surface area contributed by atoms with E-state index in [2.05, 4.69) is 19.2 Å². The Balaban J connectivity index is 2.19. The maximum Gasteiger partial charge on any atom is 0.0664 e. The fraction of sp³-hybridized carbons (Fsp3) is 0.600. The number of aliphatic hydroxyl groups excluding tert-OH is 1. The Labute approximate surface area is 114 Å². The fourth-order valence-electron chi connectivity index (χ4n) is 3.02. The molecule has 1 aliphatic carbocycles. The van der Waals surface area contributed by atoms with Gasteiger partial charge in [0.25, 0.3) is 0 Å². The quantitative estimate of drug-likeness (QED) is 0.869. The first kappa shape index (κ1) is 13.7. The van der Waals surface area contributed by atoms with Crippen LogP contribution in [0.5, 0.6) is 0 Å². The van der Waals surface area contributed by atoms with Crippen LogP contribution < -0.4 is 5.32 Å². The maximum atomic E-state index is 9.86. The van der Waals surface area contributed by atoms with Crippen molar-refractivity contribution in [2.75, 3.05) is 11.9 Å². The molecule has 1 fully saturated rings. The molecule has 3 atom stereocenters. The van der Waals surface area contributed by atoms with Gasteiger partial charge >= 0.3 is 0 Å². The van der Waals surface area contributed by atoms with Gasteiger partial charge in [0, 0.05) is 10.7 Å². The minimum absolute atomic E-state index is 0.182. The summed E-state index contributed by atoms with van der Waals surface area (Å²) in [5.74, 6) is 1.11. The van der Waals surface area contributed by atoms with Gasteiger partial charge in [-0.1, -0.05) is 38.3 Å². The normalized spacial score (nSPS) is 32.2. The van der Waals surface area contributed by atoms with Crippen molar-refractivity contribution in [3.8, 4) is 0 Å². The van der Waals surface area contributed by atoms with E-state index < -0.39 is 0 Å². The molecular weight excluding hydrogens is 246 g/mol. The molecule has 1 saturated carbocycles. The third-order valence-corrected chi connectivity index (χ3v) is 4.78. The Bertz CT molecular complexity index is 392. The SMILES string of the molecule is CC1CCCC(CO)(Nc2ccc(Cl)cc2)C1C. The lowest BCUT2D eigenvalue weighted by molar-refractivity contribution is 0.0925. The molecular formula is C15H22ClNO. The van der Waals surface area contributed by atoms with E-state index in [1.807, 2.05) is 24.3 Å². The minimum Gasteiger partial charge on any atom is -0.394 e. The number of anilines is 1. The van der Waals surface area contributed by atoms with E-state index in [1.165, 1.54) is 12.8 Å². The van der Waals surface area contributed by atoms with Crippen molar-refractivity contribution in [2.45, 2.75) is 38.6 Å². The summed E-state index contributed by atoms with van der Waals surface area (Å²) in [6, 6.07) is 7.72. The van der Waals surface area contributed by atoms with Gasteiger partial charge in [0.15, 0.2) is 0 Å². The van der Waals surface area contributed by atoms with Crippen LogP contribution in [-0.2, 0) is 0 Å². The van der Waals surface area contributed by atoms with Crippen LogP contribution in [0.3, 0.4) is 0 Å². The third-order valence-electron chi connectivity index (χ3n) is 4.53. The number of halogens is 1. The Hall–Kier alpha value is -0.730. The lowest BCUT2D eigenvalue weighted by atomic mass is 9.68. The van der Waals surface area contributed by atoms with Crippen LogP contribution in [0.15, 0.2) is 24.3 Å². The molecule has 2 N–H and O–H groups in total. The molecule has 100 valence electrons. The van der Waals surface area contributed by atoms with Crippen LogP contribution in [0.1, 0.15) is 33.1 Å². The van der Waals surface area contributed by atoms with Crippen molar-refractivity contribution in [1.82, 2.24) is 0 Å². The Morgan fingerprint density at radius 3 is 2.61 bits per heavy atom. The van der Waals surface area contributed by atoms with Gasteiger partial charge < -0.3 is 10.4 Å². The summed E-state index contributed by atoms with van der Waals surface area (Å²) in [6.07, 6.45) is 3.45. The van der Waals surface area contributed by atoms with Gasteiger partial charge in [0.05, 0.1) is 12.1 Å². The number of benzene rings is 1. The number of rotatable bonds is 3. The largest absolute Gasteiger partial charge is 0.394 e. The molecule has 3 unspecified atom stereocenters. The van der Waals surface area contributed by atoms with Crippen LogP contribution >= 0.6 is 11.6 Å². The lowest BCUT2D eigenvalue weighted by Crippen LogP contribution is -2.52. The number of nitrogens with one attached hydrogen (secondary N) is 1. The summed E-state index contributed by atoms with van der Waals surface area (Å²) in [5.41, 5.74) is 0.847. The molecule has 0 aromatic heterocycles. The molecule has 18 heavy (non-hydrogen) atoms. The monoisotopic (exact) mass is 267 g/mol. The molecule has 1 aromatic carbocycles. The van der Waals surface area contributed by atoms with Crippen molar-refractivity contribution in [2.24, 2.45) is 11.8 Å². The van der Waals surface area contributed by atoms with E-state index in [0.29, 0.717) is 11.8 Å². The number of hydrogen-bond donors (Lipinski definition) is 2. The molecule has 0 amide bonds. The Kier molecular flexibility index (Phi) is 4.18. The zero-order valence-electron chi connectivity index (χ0n) is 11.1. The molecule has 1 aromatic rings. The van der Waals surface area contributed by atoms with Crippen molar-refractivity contribution in [3.63, 3.8) is 0 Å². The molecule has 0 spiro atoms. The molecule has 1 aliphatic rings. The number of hydrogen-bond acceptors (Lipinski definition) is 2. The van der Waals surface area contributed by atoms with Gasteiger partial charge in [0.1, 0.15) is 0 Å². The molecule has 3 heteroatoms. The second-order valence-corrected chi connectivity index (χ2v) is 6.04. The third kappa shape index (κ3) is 2.65. The highest BCUT2D eigenvalue weighted by atomic mass is 35.5. The highest BCUT2D eigenvalue weighted by Gasteiger charge is 2.40. The molecule has 0 heterocycles. The van der Waals surface area contributed by atoms with Gasteiger partial charge in [-0.3, -0.25) is 0 Å². The van der Waals surface area contributed by atoms with E-state index in [1.54, 1.807) is 0 Å². The van der Waals surface area contributed by atoms with E-state index in [4.69, 9.17) is 11.6 Å². The second-order valence-electron chi connectivity index (χ2n) is 5.60. The van der Waals surface area contributed by atoms with E-state index >= 15 is 0 Å². The van der Waals surface area contributed by atoms with Gasteiger partial charge in [0.2, 0.25) is 0 Å². The summed E-state index contributed by atoms with van der Waals surface area (Å²) in [5, 5.41) is 14.1. The molecule has 0 aliphatic heterocycles. The topological polar surface area (TPSA) is 32.3 Å². The van der Waals surface area contributed by atoms with Crippen molar-refractivity contribution < 1.29 is 5.11 Å². The van der Waals surface area contributed by atoms with Gasteiger partial charge in [-0.05, 0) is 42.5 Å². The zero-order chi connectivity index (χ0) is 13.2. The number of aliphatic hydroxyl groups is 1. The maximum absolute atomic E-state index is 9.86. The molecule has 0 bridgehead atoms. The highest BCUT2D eigenvalue weighted by Crippen LogP contribution is 2.39. The summed E-state index contributed by atoms with van der Waals surface area (Å²) in [6.45, 7) is 4.70. The first-order valence-corrected chi connectivity index (χ1v) is 7.10. The Morgan fingerprint density at radius 1 is 1.33 bits per heavy atom. The average Bonchev–Trinajstić information content (AvgIpc) is 2.38. The minimum atomic E-state index is -0.189. The van der Waals surface area contributed by atoms with Crippen LogP contribution in [0.2, 0.25) is 5.02 Å². The van der Waals surface area contributed by atoms with Gasteiger partial charge in [-0.25, -0.2) is 0 Å². The van der Waals surface area contributed by atoms with Crippen LogP contribution in [0.4, 0.5) is 5.69 Å². The van der Waals surface area contributed by atoms with E-state index in [9.17, 15) is 5.11 Å². The van der Waals surface area contributed by atoms with Crippen molar-refractivity contribution in [1.29, 1.82) is 0 Å². The smallest absolute Gasteiger partial charge is 0.0664 e. The van der Waals surface area contributed by atoms with Crippen LogP contribution in [0, 0.1) is 11.8 Å². The van der Waals surface area contributed by atoms with E-state index in [0.717, 1.165) is 17.1 Å². The highest BCUT2D eigenvalue weighted by molar-refractivity contribution is 6.30. The van der Waals surface area contributed by atoms with Gasteiger partial charge in [-0.2, -0.15) is 0 Å². The van der Waals surface area contributed by atoms with Crippen molar-refractivity contribution >= 4 is 17.3 Å². The van der Waals surface area contributed by atoms with Crippen LogP contribution in [-0.4, -0.2) is 17.3 Å². The first-order chi connectivity index (χ1) is 8.57. The second kappa shape index (κ2) is 5.50. The standard InChI is InChI=1S/C15H22ClNO/c1-11-4-3-9-15(10-18,12(11)2)17-14-7-5-13(16)6-8-14/h5-8,11-12,17-18H,3-4,9-10H2,1-2H3. The van der Waals surface area contributed by atoms with Crippen molar-refractivity contribution in [3.05, 3.63) is 29.3 Å². The summed E-state index contributed by atoms with van der Waals surface area (Å²) in [4.78, 5) is 0. The molecule has 2 rings (SSSR count). The predicted octanol–water partition coefficient (Wildman–Crippen LogP) is 3.94. The zero-order valence-corrected chi connectivity index (χ0v) is 11.9. The molecule has 0 radical (unpaired) electrons. The van der Waals surface area contributed by atoms with Crippen LogP contribution in [0.25, 0.3) is 0 Å². The summed E-state index contributed by atoms with van der Waals surface area (Å²) >= 11 is 5.90. The summed E-state index contributed by atoms with van der Waals surface area (Å²) < 4.78 is 0. The summed E-state index contributed by atoms with van der Waals surface area (Å²) in [7, 11) is 0.